The van der Waals surface area contributed by atoms with Crippen molar-refractivity contribution in [1.82, 2.24) is 14.5 Å². The second-order valence-electron chi connectivity index (χ2n) is 5.38. The Balaban J connectivity index is 2.08. The molecule has 0 aliphatic rings. The van der Waals surface area contributed by atoms with E-state index in [2.05, 4.69) is 9.55 Å². The van der Waals surface area contributed by atoms with Crippen molar-refractivity contribution >= 4 is 11.8 Å². The van der Waals surface area contributed by atoms with Crippen molar-refractivity contribution < 1.29 is 4.39 Å². The van der Waals surface area contributed by atoms with Crippen LogP contribution in [0.2, 0.25) is 0 Å². The van der Waals surface area contributed by atoms with Crippen molar-refractivity contribution in [1.29, 1.82) is 0 Å². The van der Waals surface area contributed by atoms with E-state index in [4.69, 9.17) is 10.7 Å². The fourth-order valence-corrected chi connectivity index (χ4v) is 3.44. The average molecular weight is 342 g/mol. The van der Waals surface area contributed by atoms with Gasteiger partial charge < -0.3 is 10.3 Å². The number of aromatic nitrogens is 3. The highest BCUT2D eigenvalue weighted by molar-refractivity contribution is 7.99. The third kappa shape index (κ3) is 3.49. The van der Waals surface area contributed by atoms with E-state index in [0.717, 1.165) is 39.8 Å². The molecule has 1 aromatic carbocycles. The zero-order valence-corrected chi connectivity index (χ0v) is 14.3. The van der Waals surface area contributed by atoms with E-state index < -0.39 is 0 Å². The summed E-state index contributed by atoms with van der Waals surface area (Å²) in [5, 5.41) is 0.926. The van der Waals surface area contributed by atoms with Gasteiger partial charge >= 0.3 is 0 Å². The number of nitrogens with zero attached hydrogens (tertiary/aromatic N) is 3. The van der Waals surface area contributed by atoms with Gasteiger partial charge in [0.1, 0.15) is 5.82 Å². The average Bonchev–Trinajstić information content (AvgIpc) is 2.93. The highest BCUT2D eigenvalue weighted by Gasteiger charge is 2.18. The second kappa shape index (κ2) is 7.59. The summed E-state index contributed by atoms with van der Waals surface area (Å²) in [5.41, 5.74) is 9.35. The SMILES string of the molecule is Cn1c(SCCCN)nc(-c2ccc(F)cc2)c1-c1ccncc1. The Morgan fingerprint density at radius 1 is 1.08 bits per heavy atom. The molecule has 124 valence electrons. The van der Waals surface area contributed by atoms with Gasteiger partial charge in [-0.25, -0.2) is 9.37 Å². The molecular weight excluding hydrogens is 323 g/mol. The van der Waals surface area contributed by atoms with Gasteiger partial charge in [-0.05, 0) is 49.4 Å². The normalized spacial score (nSPS) is 11.0. The maximum absolute atomic E-state index is 13.3. The first-order valence-corrected chi connectivity index (χ1v) is 8.75. The lowest BCUT2D eigenvalue weighted by Crippen LogP contribution is -2.00. The minimum atomic E-state index is -0.252. The maximum atomic E-state index is 13.3. The smallest absolute Gasteiger partial charge is 0.168 e. The van der Waals surface area contributed by atoms with Crippen LogP contribution < -0.4 is 5.73 Å². The van der Waals surface area contributed by atoms with E-state index >= 15 is 0 Å². The van der Waals surface area contributed by atoms with E-state index in [0.29, 0.717) is 6.54 Å². The topological polar surface area (TPSA) is 56.7 Å². The predicted molar refractivity (Wildman–Crippen MR) is 96.2 cm³/mol. The Morgan fingerprint density at radius 2 is 1.79 bits per heavy atom. The maximum Gasteiger partial charge on any atom is 0.168 e. The van der Waals surface area contributed by atoms with Gasteiger partial charge in [0.05, 0.1) is 11.4 Å². The number of halogens is 1. The van der Waals surface area contributed by atoms with Gasteiger partial charge in [-0.1, -0.05) is 11.8 Å². The van der Waals surface area contributed by atoms with Gasteiger partial charge in [0.25, 0.3) is 0 Å². The van der Waals surface area contributed by atoms with Gasteiger partial charge in [-0.3, -0.25) is 4.98 Å². The van der Waals surface area contributed by atoms with E-state index in [1.807, 2.05) is 19.2 Å². The van der Waals surface area contributed by atoms with Crippen LogP contribution >= 0.6 is 11.8 Å². The van der Waals surface area contributed by atoms with Crippen molar-refractivity contribution in [2.75, 3.05) is 12.3 Å². The lowest BCUT2D eigenvalue weighted by Gasteiger charge is -2.07. The number of benzene rings is 1. The largest absolute Gasteiger partial charge is 0.330 e. The Labute approximate surface area is 144 Å². The van der Waals surface area contributed by atoms with Crippen LogP contribution in [0.4, 0.5) is 4.39 Å². The molecule has 0 aliphatic heterocycles. The quantitative estimate of drug-likeness (QED) is 0.548. The zero-order chi connectivity index (χ0) is 16.9. The molecule has 0 amide bonds. The van der Waals surface area contributed by atoms with Crippen LogP contribution in [0.25, 0.3) is 22.5 Å². The lowest BCUT2D eigenvalue weighted by atomic mass is 10.1. The summed E-state index contributed by atoms with van der Waals surface area (Å²) >= 11 is 1.68. The van der Waals surface area contributed by atoms with Crippen molar-refractivity contribution in [3.63, 3.8) is 0 Å². The van der Waals surface area contributed by atoms with E-state index in [1.165, 1.54) is 12.1 Å². The molecule has 0 saturated carbocycles. The van der Waals surface area contributed by atoms with Crippen molar-refractivity contribution in [2.24, 2.45) is 12.8 Å². The molecule has 0 aliphatic carbocycles. The van der Waals surface area contributed by atoms with Crippen LogP contribution in [-0.2, 0) is 7.05 Å². The van der Waals surface area contributed by atoms with E-state index in [-0.39, 0.29) is 5.82 Å². The molecule has 0 atom stereocenters. The molecule has 0 saturated heterocycles. The van der Waals surface area contributed by atoms with E-state index in [9.17, 15) is 4.39 Å². The van der Waals surface area contributed by atoms with Crippen LogP contribution in [0.15, 0.2) is 53.9 Å². The van der Waals surface area contributed by atoms with Crippen LogP contribution in [-0.4, -0.2) is 26.8 Å². The first-order chi connectivity index (χ1) is 11.7. The molecule has 2 N–H and O–H groups in total. The molecule has 0 spiro atoms. The number of hydrogen-bond donors (Lipinski definition) is 1. The molecule has 0 bridgehead atoms. The Morgan fingerprint density at radius 3 is 2.46 bits per heavy atom. The third-order valence-corrected chi connectivity index (χ3v) is 4.82. The van der Waals surface area contributed by atoms with E-state index in [1.54, 1.807) is 36.3 Å². The van der Waals surface area contributed by atoms with Crippen molar-refractivity contribution in [2.45, 2.75) is 11.6 Å². The highest BCUT2D eigenvalue weighted by atomic mass is 32.2. The minimum absolute atomic E-state index is 0.252. The number of imidazole rings is 1. The molecule has 3 aromatic rings. The first-order valence-electron chi connectivity index (χ1n) is 7.76. The fraction of sp³-hybridized carbons (Fsp3) is 0.222. The summed E-state index contributed by atoms with van der Waals surface area (Å²) in [6.45, 7) is 0.666. The summed E-state index contributed by atoms with van der Waals surface area (Å²) in [7, 11) is 2.00. The molecule has 3 rings (SSSR count). The summed E-state index contributed by atoms with van der Waals surface area (Å²) in [6, 6.07) is 10.4. The Hall–Kier alpha value is -2.18. The number of nitrogens with two attached hydrogens (primary N) is 1. The van der Waals surface area contributed by atoms with Gasteiger partial charge in [-0.15, -0.1) is 0 Å². The third-order valence-electron chi connectivity index (χ3n) is 3.71. The summed E-state index contributed by atoms with van der Waals surface area (Å²) in [6.07, 6.45) is 4.46. The molecule has 0 unspecified atom stereocenters. The van der Waals surface area contributed by atoms with Crippen LogP contribution in [0.3, 0.4) is 0 Å². The summed E-state index contributed by atoms with van der Waals surface area (Å²) in [5.74, 6) is 0.665. The molecule has 2 heterocycles. The monoisotopic (exact) mass is 342 g/mol. The standard InChI is InChI=1S/C18H19FN4S/c1-23-17(14-7-10-21-11-8-14)16(13-3-5-15(19)6-4-13)22-18(23)24-12-2-9-20/h3-8,10-11H,2,9,12,20H2,1H3. The second-order valence-corrected chi connectivity index (χ2v) is 6.45. The molecule has 4 nitrogen and oxygen atoms in total. The predicted octanol–water partition coefficient (Wildman–Crippen LogP) is 3.73. The number of thioether (sulfide) groups is 1. The Bertz CT molecular complexity index is 800. The molecule has 0 radical (unpaired) electrons. The number of hydrogen-bond acceptors (Lipinski definition) is 4. The van der Waals surface area contributed by atoms with Crippen LogP contribution in [0.1, 0.15) is 6.42 Å². The number of rotatable bonds is 6. The number of pyridine rings is 1. The zero-order valence-electron chi connectivity index (χ0n) is 13.4. The summed E-state index contributed by atoms with van der Waals surface area (Å²) in [4.78, 5) is 8.88. The fourth-order valence-electron chi connectivity index (χ4n) is 2.50. The molecule has 6 heteroatoms. The first kappa shape index (κ1) is 16.7. The summed E-state index contributed by atoms with van der Waals surface area (Å²) < 4.78 is 15.3. The van der Waals surface area contributed by atoms with Crippen LogP contribution in [0.5, 0.6) is 0 Å². The molecular formula is C18H19FN4S. The van der Waals surface area contributed by atoms with Crippen molar-refractivity contribution in [3.05, 3.63) is 54.6 Å². The Kier molecular flexibility index (Phi) is 5.27. The van der Waals surface area contributed by atoms with Gasteiger partial charge in [0.15, 0.2) is 5.16 Å². The minimum Gasteiger partial charge on any atom is -0.330 e. The van der Waals surface area contributed by atoms with Crippen molar-refractivity contribution in [3.8, 4) is 22.5 Å². The van der Waals surface area contributed by atoms with Crippen LogP contribution in [0, 0.1) is 5.82 Å². The highest BCUT2D eigenvalue weighted by Crippen LogP contribution is 2.35. The molecule has 0 fully saturated rings. The molecule has 24 heavy (non-hydrogen) atoms. The van der Waals surface area contributed by atoms with Gasteiger partial charge in [0, 0.05) is 36.3 Å². The van der Waals surface area contributed by atoms with Gasteiger partial charge in [0.2, 0.25) is 0 Å². The molecule has 2 aromatic heterocycles. The van der Waals surface area contributed by atoms with Gasteiger partial charge in [-0.2, -0.15) is 0 Å². The lowest BCUT2D eigenvalue weighted by molar-refractivity contribution is 0.628.